The molecule has 0 saturated carbocycles. The van der Waals surface area contributed by atoms with E-state index in [4.69, 9.17) is 5.73 Å². The van der Waals surface area contributed by atoms with Crippen LogP contribution in [0.4, 0.5) is 0 Å². The molecule has 1 unspecified atom stereocenters. The van der Waals surface area contributed by atoms with Crippen LogP contribution in [0.5, 0.6) is 0 Å². The number of carbonyl (C=O) groups is 1. The van der Waals surface area contributed by atoms with Crippen LogP contribution >= 0.6 is 11.8 Å². The Labute approximate surface area is 101 Å². The molecule has 7 heteroatoms. The monoisotopic (exact) mass is 268 g/mol. The molecule has 96 valence electrons. The fourth-order valence-corrected chi connectivity index (χ4v) is 3.39. The zero-order valence-corrected chi connectivity index (χ0v) is 11.4. The average Bonchev–Trinajstić information content (AvgIpc) is 2.13. The second-order valence-electron chi connectivity index (χ2n) is 3.54. The van der Waals surface area contributed by atoms with Crippen LogP contribution in [0.3, 0.4) is 0 Å². The predicted molar refractivity (Wildman–Crippen MR) is 68.3 cm³/mol. The summed E-state index contributed by atoms with van der Waals surface area (Å²) in [6.07, 6.45) is 1.86. The molecule has 0 radical (unpaired) electrons. The van der Waals surface area contributed by atoms with Crippen molar-refractivity contribution in [2.45, 2.75) is 19.4 Å². The normalized spacial score (nSPS) is 13.6. The lowest BCUT2D eigenvalue weighted by molar-refractivity contribution is -0.120. The van der Waals surface area contributed by atoms with E-state index in [1.807, 2.05) is 6.92 Å². The van der Waals surface area contributed by atoms with Crippen molar-refractivity contribution in [2.75, 3.05) is 30.1 Å². The highest BCUT2D eigenvalue weighted by Crippen LogP contribution is 2.05. The highest BCUT2D eigenvalue weighted by atomic mass is 32.2. The van der Waals surface area contributed by atoms with Crippen molar-refractivity contribution in [3.05, 3.63) is 0 Å². The molecule has 0 heterocycles. The van der Waals surface area contributed by atoms with Gasteiger partial charge in [-0.25, -0.2) is 8.42 Å². The number of amides is 1. The molecule has 1 amide bonds. The van der Waals surface area contributed by atoms with Gasteiger partial charge in [0.05, 0.1) is 11.8 Å². The number of carbonyl (C=O) groups excluding carboxylic acids is 1. The summed E-state index contributed by atoms with van der Waals surface area (Å²) in [5.74, 6) is 1.12. The van der Waals surface area contributed by atoms with Crippen molar-refractivity contribution in [1.29, 1.82) is 0 Å². The molecule has 3 N–H and O–H groups in total. The van der Waals surface area contributed by atoms with Gasteiger partial charge in [-0.3, -0.25) is 4.79 Å². The van der Waals surface area contributed by atoms with Crippen molar-refractivity contribution in [2.24, 2.45) is 5.73 Å². The van der Waals surface area contributed by atoms with Gasteiger partial charge in [0.2, 0.25) is 5.91 Å². The largest absolute Gasteiger partial charge is 0.368 e. The molecule has 0 spiro atoms. The molecular formula is C9H20N2O3S2. The van der Waals surface area contributed by atoms with E-state index in [2.05, 4.69) is 5.32 Å². The van der Waals surface area contributed by atoms with E-state index < -0.39 is 9.84 Å². The third-order valence-electron chi connectivity index (χ3n) is 1.94. The second-order valence-corrected chi connectivity index (χ2v) is 7.03. The third-order valence-corrected chi connectivity index (χ3v) is 4.16. The highest BCUT2D eigenvalue weighted by Gasteiger charge is 2.12. The van der Waals surface area contributed by atoms with E-state index in [1.54, 1.807) is 0 Å². The van der Waals surface area contributed by atoms with Gasteiger partial charge in [0, 0.05) is 12.0 Å². The van der Waals surface area contributed by atoms with Crippen LogP contribution in [0.15, 0.2) is 0 Å². The molecule has 0 aliphatic carbocycles. The number of thioether (sulfide) groups is 1. The Bertz CT molecular complexity index is 304. The van der Waals surface area contributed by atoms with Crippen LogP contribution < -0.4 is 11.1 Å². The first-order valence-corrected chi connectivity index (χ1v) is 8.36. The first-order chi connectivity index (χ1) is 7.37. The summed E-state index contributed by atoms with van der Waals surface area (Å²) in [6.45, 7) is 2.61. The molecule has 0 aliphatic heterocycles. The number of likely N-dealkylation sites (N-methyl/N-ethyl adjacent to an activating group) is 1. The van der Waals surface area contributed by atoms with Gasteiger partial charge in [-0.15, -0.1) is 0 Å². The van der Waals surface area contributed by atoms with E-state index in [-0.39, 0.29) is 17.7 Å². The summed E-state index contributed by atoms with van der Waals surface area (Å²) in [4.78, 5) is 11.0. The average molecular weight is 268 g/mol. The molecule has 0 aromatic rings. The summed E-state index contributed by atoms with van der Waals surface area (Å²) < 4.78 is 21.7. The Hall–Kier alpha value is -0.270. The van der Waals surface area contributed by atoms with Crippen LogP contribution in [-0.2, 0) is 14.6 Å². The summed E-state index contributed by atoms with van der Waals surface area (Å²) in [5.41, 5.74) is 5.20. The Balaban J connectivity index is 3.67. The van der Waals surface area contributed by atoms with E-state index in [1.165, 1.54) is 18.0 Å². The van der Waals surface area contributed by atoms with E-state index >= 15 is 0 Å². The summed E-state index contributed by atoms with van der Waals surface area (Å²) >= 11 is 1.52. The van der Waals surface area contributed by atoms with Crippen molar-refractivity contribution in [3.8, 4) is 0 Å². The summed E-state index contributed by atoms with van der Waals surface area (Å²) in [5, 5.41) is 2.98. The molecule has 0 aliphatic rings. The molecular weight excluding hydrogens is 248 g/mol. The maximum Gasteiger partial charge on any atom is 0.234 e. The molecule has 0 aromatic carbocycles. The second kappa shape index (κ2) is 7.92. The van der Waals surface area contributed by atoms with E-state index in [0.29, 0.717) is 18.7 Å². The van der Waals surface area contributed by atoms with Crippen LogP contribution in [0, 0.1) is 0 Å². The number of sulfone groups is 1. The van der Waals surface area contributed by atoms with Gasteiger partial charge in [-0.05, 0) is 18.7 Å². The Morgan fingerprint density at radius 2 is 2.06 bits per heavy atom. The van der Waals surface area contributed by atoms with Crippen LogP contribution in [0.1, 0.15) is 13.3 Å². The van der Waals surface area contributed by atoms with Gasteiger partial charge in [-0.2, -0.15) is 11.8 Å². The van der Waals surface area contributed by atoms with Crippen LogP contribution in [-0.4, -0.2) is 50.4 Å². The lowest BCUT2D eigenvalue weighted by Crippen LogP contribution is -2.41. The molecule has 0 bridgehead atoms. The zero-order valence-electron chi connectivity index (χ0n) is 9.73. The molecule has 16 heavy (non-hydrogen) atoms. The minimum atomic E-state index is -2.88. The van der Waals surface area contributed by atoms with Crippen molar-refractivity contribution in [1.82, 2.24) is 5.32 Å². The lowest BCUT2D eigenvalue weighted by atomic mass is 10.2. The SMILES string of the molecule is CCNC(CCSCCS(C)(=O)=O)C(N)=O. The topological polar surface area (TPSA) is 89.3 Å². The van der Waals surface area contributed by atoms with Gasteiger partial charge in [0.15, 0.2) is 0 Å². The molecule has 1 atom stereocenters. The molecule has 5 nitrogen and oxygen atoms in total. The van der Waals surface area contributed by atoms with Crippen molar-refractivity contribution < 1.29 is 13.2 Å². The Kier molecular flexibility index (Phi) is 7.78. The van der Waals surface area contributed by atoms with Crippen molar-refractivity contribution in [3.63, 3.8) is 0 Å². The number of primary amides is 1. The molecule has 0 fully saturated rings. The quantitative estimate of drug-likeness (QED) is 0.556. The Morgan fingerprint density at radius 3 is 2.50 bits per heavy atom. The number of hydrogen-bond acceptors (Lipinski definition) is 5. The maximum atomic E-state index is 11.0. The van der Waals surface area contributed by atoms with E-state index in [0.717, 1.165) is 5.75 Å². The smallest absolute Gasteiger partial charge is 0.234 e. The standard InChI is InChI=1S/C9H20N2O3S2/c1-3-11-8(9(10)12)4-5-15-6-7-16(2,13)14/h8,11H,3-7H2,1-2H3,(H2,10,12). The van der Waals surface area contributed by atoms with Gasteiger partial charge in [0.1, 0.15) is 9.84 Å². The van der Waals surface area contributed by atoms with Gasteiger partial charge in [0.25, 0.3) is 0 Å². The molecule has 0 aromatic heterocycles. The third kappa shape index (κ3) is 8.99. The summed E-state index contributed by atoms with van der Waals surface area (Å²) in [7, 11) is -2.88. The number of nitrogens with two attached hydrogens (primary N) is 1. The van der Waals surface area contributed by atoms with E-state index in [9.17, 15) is 13.2 Å². The van der Waals surface area contributed by atoms with Gasteiger partial charge >= 0.3 is 0 Å². The molecule has 0 rings (SSSR count). The van der Waals surface area contributed by atoms with Crippen molar-refractivity contribution >= 4 is 27.5 Å². The minimum absolute atomic E-state index is 0.181. The summed E-state index contributed by atoms with van der Waals surface area (Å²) in [6, 6.07) is -0.310. The van der Waals surface area contributed by atoms with Crippen LogP contribution in [0.2, 0.25) is 0 Å². The number of nitrogens with one attached hydrogen (secondary N) is 1. The zero-order chi connectivity index (χ0) is 12.6. The highest BCUT2D eigenvalue weighted by molar-refractivity contribution is 8.00. The van der Waals surface area contributed by atoms with Gasteiger partial charge in [-0.1, -0.05) is 6.92 Å². The maximum absolute atomic E-state index is 11.0. The fourth-order valence-electron chi connectivity index (χ4n) is 1.10. The first kappa shape index (κ1) is 15.7. The number of rotatable bonds is 9. The lowest BCUT2D eigenvalue weighted by Gasteiger charge is -2.13. The van der Waals surface area contributed by atoms with Crippen LogP contribution in [0.25, 0.3) is 0 Å². The Morgan fingerprint density at radius 1 is 1.44 bits per heavy atom. The number of hydrogen-bond donors (Lipinski definition) is 2. The van der Waals surface area contributed by atoms with Gasteiger partial charge < -0.3 is 11.1 Å². The minimum Gasteiger partial charge on any atom is -0.368 e. The predicted octanol–water partition coefficient (Wildman–Crippen LogP) is -0.382. The molecule has 0 saturated heterocycles. The fraction of sp³-hybridized carbons (Fsp3) is 0.889. The first-order valence-electron chi connectivity index (χ1n) is 5.15.